The molecule has 0 aliphatic rings. The van der Waals surface area contributed by atoms with Gasteiger partial charge in [-0.05, 0) is 31.2 Å². The molecule has 1 atom stereocenters. The predicted octanol–water partition coefficient (Wildman–Crippen LogP) is 1.88. The molecule has 15 heavy (non-hydrogen) atoms. The van der Waals surface area contributed by atoms with Crippen molar-refractivity contribution in [2.24, 2.45) is 5.73 Å². The molecule has 3 N–H and O–H groups in total. The van der Waals surface area contributed by atoms with Crippen LogP contribution in [0.5, 0.6) is 0 Å². The SMILES string of the molecule is CC(N)CCCC(=O)NCc1cccs1. The molecule has 0 aromatic carbocycles. The Balaban J connectivity index is 2.09. The number of carbonyl (C=O) groups is 1. The van der Waals surface area contributed by atoms with Gasteiger partial charge in [-0.2, -0.15) is 0 Å². The summed E-state index contributed by atoms with van der Waals surface area (Å²) in [7, 11) is 0. The molecule has 0 spiro atoms. The van der Waals surface area contributed by atoms with Gasteiger partial charge in [-0.15, -0.1) is 11.3 Å². The van der Waals surface area contributed by atoms with Gasteiger partial charge in [0.25, 0.3) is 0 Å². The first-order chi connectivity index (χ1) is 7.18. The smallest absolute Gasteiger partial charge is 0.220 e. The van der Waals surface area contributed by atoms with Gasteiger partial charge in [-0.1, -0.05) is 6.07 Å². The Kier molecular flexibility index (Phi) is 5.36. The number of carbonyl (C=O) groups excluding carboxylic acids is 1. The third-order valence-electron chi connectivity index (χ3n) is 2.10. The van der Waals surface area contributed by atoms with Gasteiger partial charge in [0, 0.05) is 17.3 Å². The normalized spacial score (nSPS) is 12.4. The summed E-state index contributed by atoms with van der Waals surface area (Å²) in [6.07, 6.45) is 2.35. The van der Waals surface area contributed by atoms with Gasteiger partial charge < -0.3 is 11.1 Å². The van der Waals surface area contributed by atoms with Crippen molar-refractivity contribution < 1.29 is 4.79 Å². The van der Waals surface area contributed by atoms with Crippen LogP contribution in [0.3, 0.4) is 0 Å². The van der Waals surface area contributed by atoms with Crippen LogP contribution in [0.2, 0.25) is 0 Å². The maximum Gasteiger partial charge on any atom is 0.220 e. The van der Waals surface area contributed by atoms with Crippen molar-refractivity contribution in [3.8, 4) is 0 Å². The average Bonchev–Trinajstić information content (AvgIpc) is 2.66. The third-order valence-corrected chi connectivity index (χ3v) is 2.98. The van der Waals surface area contributed by atoms with Crippen LogP contribution in [-0.4, -0.2) is 11.9 Å². The topological polar surface area (TPSA) is 55.1 Å². The van der Waals surface area contributed by atoms with E-state index in [0.717, 1.165) is 12.8 Å². The van der Waals surface area contributed by atoms with Crippen molar-refractivity contribution >= 4 is 17.2 Å². The summed E-state index contributed by atoms with van der Waals surface area (Å²) in [4.78, 5) is 12.6. The average molecular weight is 226 g/mol. The zero-order valence-electron chi connectivity index (χ0n) is 9.03. The van der Waals surface area contributed by atoms with Crippen molar-refractivity contribution in [2.75, 3.05) is 0 Å². The van der Waals surface area contributed by atoms with E-state index in [1.54, 1.807) is 11.3 Å². The predicted molar refractivity (Wildman–Crippen MR) is 63.7 cm³/mol. The van der Waals surface area contributed by atoms with E-state index < -0.39 is 0 Å². The lowest BCUT2D eigenvalue weighted by Crippen LogP contribution is -2.23. The Morgan fingerprint density at radius 1 is 1.67 bits per heavy atom. The van der Waals surface area contributed by atoms with E-state index in [9.17, 15) is 4.79 Å². The van der Waals surface area contributed by atoms with Crippen LogP contribution in [0.15, 0.2) is 17.5 Å². The molecule has 0 radical (unpaired) electrons. The number of thiophene rings is 1. The number of amides is 1. The highest BCUT2D eigenvalue weighted by molar-refractivity contribution is 7.09. The van der Waals surface area contributed by atoms with Crippen LogP contribution in [0.25, 0.3) is 0 Å². The lowest BCUT2D eigenvalue weighted by molar-refractivity contribution is -0.121. The first kappa shape index (κ1) is 12.2. The van der Waals surface area contributed by atoms with Gasteiger partial charge in [0.05, 0.1) is 6.54 Å². The van der Waals surface area contributed by atoms with Crippen molar-refractivity contribution in [2.45, 2.75) is 38.8 Å². The van der Waals surface area contributed by atoms with E-state index in [-0.39, 0.29) is 11.9 Å². The summed E-state index contributed by atoms with van der Waals surface area (Å²) in [6.45, 7) is 2.61. The standard InChI is InChI=1S/C11H18N2OS/c1-9(12)4-2-6-11(14)13-8-10-5-3-7-15-10/h3,5,7,9H,2,4,6,8,12H2,1H3,(H,13,14). The third kappa shape index (κ3) is 5.54. The molecule has 0 saturated heterocycles. The van der Waals surface area contributed by atoms with Gasteiger partial charge in [0.2, 0.25) is 5.91 Å². The molecule has 0 aliphatic carbocycles. The Labute approximate surface area is 94.7 Å². The Morgan fingerprint density at radius 3 is 3.07 bits per heavy atom. The van der Waals surface area contributed by atoms with E-state index >= 15 is 0 Å². The minimum Gasteiger partial charge on any atom is -0.351 e. The zero-order valence-corrected chi connectivity index (χ0v) is 9.85. The second-order valence-electron chi connectivity index (χ2n) is 3.73. The highest BCUT2D eigenvalue weighted by Crippen LogP contribution is 2.07. The molecule has 0 bridgehead atoms. The summed E-state index contributed by atoms with van der Waals surface area (Å²) in [5.41, 5.74) is 5.60. The molecule has 4 heteroatoms. The molecular formula is C11H18N2OS. The molecule has 0 fully saturated rings. The van der Waals surface area contributed by atoms with Crippen molar-refractivity contribution in [3.63, 3.8) is 0 Å². The number of nitrogens with two attached hydrogens (primary N) is 1. The zero-order chi connectivity index (χ0) is 11.1. The van der Waals surface area contributed by atoms with E-state index in [1.807, 2.05) is 24.4 Å². The van der Waals surface area contributed by atoms with Gasteiger partial charge in [0.15, 0.2) is 0 Å². The first-order valence-electron chi connectivity index (χ1n) is 5.23. The lowest BCUT2D eigenvalue weighted by Gasteiger charge is -2.05. The summed E-state index contributed by atoms with van der Waals surface area (Å²) >= 11 is 1.66. The minimum absolute atomic E-state index is 0.115. The molecule has 0 saturated carbocycles. The first-order valence-corrected chi connectivity index (χ1v) is 6.11. The molecular weight excluding hydrogens is 208 g/mol. The van der Waals surface area contributed by atoms with Crippen molar-refractivity contribution in [1.82, 2.24) is 5.32 Å². The number of rotatable bonds is 6. The van der Waals surface area contributed by atoms with E-state index in [4.69, 9.17) is 5.73 Å². The van der Waals surface area contributed by atoms with E-state index in [1.165, 1.54) is 4.88 Å². The molecule has 1 amide bonds. The van der Waals surface area contributed by atoms with Crippen LogP contribution in [0.4, 0.5) is 0 Å². The Morgan fingerprint density at radius 2 is 2.47 bits per heavy atom. The van der Waals surface area contributed by atoms with Crippen molar-refractivity contribution in [3.05, 3.63) is 22.4 Å². The second kappa shape index (κ2) is 6.58. The molecule has 1 heterocycles. The highest BCUT2D eigenvalue weighted by atomic mass is 32.1. The van der Waals surface area contributed by atoms with E-state index in [0.29, 0.717) is 13.0 Å². The van der Waals surface area contributed by atoms with E-state index in [2.05, 4.69) is 5.32 Å². The van der Waals surface area contributed by atoms with Gasteiger partial charge >= 0.3 is 0 Å². The maximum absolute atomic E-state index is 11.4. The number of hydrogen-bond acceptors (Lipinski definition) is 3. The Hall–Kier alpha value is -0.870. The van der Waals surface area contributed by atoms with Crippen LogP contribution in [0.1, 0.15) is 31.1 Å². The number of hydrogen-bond donors (Lipinski definition) is 2. The lowest BCUT2D eigenvalue weighted by atomic mass is 10.1. The fourth-order valence-corrected chi connectivity index (χ4v) is 1.92. The largest absolute Gasteiger partial charge is 0.351 e. The highest BCUT2D eigenvalue weighted by Gasteiger charge is 2.02. The summed E-state index contributed by atoms with van der Waals surface area (Å²) < 4.78 is 0. The fraction of sp³-hybridized carbons (Fsp3) is 0.545. The van der Waals surface area contributed by atoms with Crippen LogP contribution < -0.4 is 11.1 Å². The summed E-state index contributed by atoms with van der Waals surface area (Å²) in [5.74, 6) is 0.115. The second-order valence-corrected chi connectivity index (χ2v) is 4.76. The molecule has 1 rings (SSSR count). The van der Waals surface area contributed by atoms with Gasteiger partial charge in [-0.25, -0.2) is 0 Å². The van der Waals surface area contributed by atoms with Crippen LogP contribution in [-0.2, 0) is 11.3 Å². The quantitative estimate of drug-likeness (QED) is 0.778. The van der Waals surface area contributed by atoms with Gasteiger partial charge in [-0.3, -0.25) is 4.79 Å². The molecule has 1 unspecified atom stereocenters. The molecule has 1 aromatic heterocycles. The van der Waals surface area contributed by atoms with Gasteiger partial charge in [0.1, 0.15) is 0 Å². The summed E-state index contributed by atoms with van der Waals surface area (Å²) in [6, 6.07) is 4.20. The minimum atomic E-state index is 0.115. The maximum atomic E-state index is 11.4. The molecule has 84 valence electrons. The molecule has 0 aliphatic heterocycles. The Bertz CT molecular complexity index is 283. The van der Waals surface area contributed by atoms with Crippen LogP contribution >= 0.6 is 11.3 Å². The molecule has 3 nitrogen and oxygen atoms in total. The summed E-state index contributed by atoms with van der Waals surface area (Å²) in [5, 5.41) is 4.90. The monoisotopic (exact) mass is 226 g/mol. The fourth-order valence-electron chi connectivity index (χ4n) is 1.27. The van der Waals surface area contributed by atoms with Crippen LogP contribution in [0, 0.1) is 0 Å². The van der Waals surface area contributed by atoms with Crippen molar-refractivity contribution in [1.29, 1.82) is 0 Å². The number of nitrogens with one attached hydrogen (secondary N) is 1. The molecule has 1 aromatic rings.